The number of carbonyl (C=O) groups is 2. The van der Waals surface area contributed by atoms with E-state index >= 15 is 0 Å². The highest BCUT2D eigenvalue weighted by molar-refractivity contribution is 5.72. The van der Waals surface area contributed by atoms with Gasteiger partial charge in [-0.3, -0.25) is 9.59 Å². The van der Waals surface area contributed by atoms with Gasteiger partial charge in [-0.2, -0.15) is 0 Å². The van der Waals surface area contributed by atoms with Crippen LogP contribution >= 0.6 is 0 Å². The van der Waals surface area contributed by atoms with Gasteiger partial charge in [-0.05, 0) is 112 Å². The zero-order valence-electron chi connectivity index (χ0n) is 29.7. The highest BCUT2D eigenvalue weighted by atomic mass is 16.5. The number of ether oxygens (including phenoxy) is 1. The molecule has 9 heteroatoms. The molecular weight excluding hydrogens is 616 g/mol. The van der Waals surface area contributed by atoms with Crippen LogP contribution in [0.4, 0.5) is 0 Å². The number of carboxylic acid groups (broad SMARTS) is 2. The lowest BCUT2D eigenvalue weighted by atomic mass is 10.0. The summed E-state index contributed by atoms with van der Waals surface area (Å²) in [5, 5.41) is 22.7. The molecule has 4 aromatic heterocycles. The number of hydrogen-bond donors (Lipinski definition) is 6. The molecule has 1 atom stereocenters. The van der Waals surface area contributed by atoms with E-state index in [0.29, 0.717) is 19.4 Å². The molecule has 0 radical (unpaired) electrons. The monoisotopic (exact) mass is 666 g/mol. The van der Waals surface area contributed by atoms with Crippen LogP contribution in [0.25, 0.3) is 30.4 Å². The van der Waals surface area contributed by atoms with E-state index in [1.54, 1.807) is 0 Å². The average Bonchev–Trinajstić information content (AvgIpc) is 3.71. The van der Waals surface area contributed by atoms with Gasteiger partial charge in [0.25, 0.3) is 0 Å². The summed E-state index contributed by atoms with van der Waals surface area (Å²) in [7, 11) is 0. The minimum Gasteiger partial charge on any atom is -0.481 e. The van der Waals surface area contributed by atoms with E-state index in [4.69, 9.17) is 4.74 Å². The first kappa shape index (κ1) is 35.5. The Hall–Kier alpha value is -4.76. The number of nitrogens with one attached hydrogen (secondary N) is 4. The lowest BCUT2D eigenvalue weighted by molar-refractivity contribution is -0.138. The minimum atomic E-state index is -0.864. The molecule has 8 bridgehead atoms. The van der Waals surface area contributed by atoms with Crippen LogP contribution in [0, 0.1) is 27.7 Å². The summed E-state index contributed by atoms with van der Waals surface area (Å²) in [5.41, 5.74) is 11.5. The van der Waals surface area contributed by atoms with Crippen molar-refractivity contribution in [1.29, 1.82) is 0 Å². The van der Waals surface area contributed by atoms with Crippen molar-refractivity contribution in [1.82, 2.24) is 19.9 Å². The quantitative estimate of drug-likeness (QED) is 0.0903. The van der Waals surface area contributed by atoms with Crippen molar-refractivity contribution in [2.24, 2.45) is 0 Å². The van der Waals surface area contributed by atoms with E-state index in [1.807, 2.05) is 26.0 Å². The standard InChI is InChI=1S/C40H50N4O5/c1-8-10-11-12-17-49-26(7)40-25(6)33-19-34-27(9-2)22(3)30(41-34)18-31-23(4)28(13-15-38(45)46)35(42-31)21-36-29(14-16-39(47)48)24(5)32(43-36)20-37(40)44-33/h9,18-21,26,41-44H,2,8,10-17H2,1,3-7H3,(H,45,46)(H,47,48). The van der Waals surface area contributed by atoms with Gasteiger partial charge in [0, 0.05) is 74.7 Å². The predicted molar refractivity (Wildman–Crippen MR) is 195 cm³/mol. The number of fused-ring (bicyclic) bond motifs is 8. The van der Waals surface area contributed by atoms with Crippen molar-refractivity contribution in [3.63, 3.8) is 0 Å². The predicted octanol–water partition coefficient (Wildman–Crippen LogP) is 5.20. The Morgan fingerprint density at radius 2 is 1.29 bits per heavy atom. The Bertz CT molecular complexity index is 2140. The van der Waals surface area contributed by atoms with Crippen molar-refractivity contribution in [2.45, 2.75) is 99.0 Å². The minimum absolute atomic E-state index is 0.00913. The first-order chi connectivity index (χ1) is 23.4. The number of rotatable bonds is 14. The molecule has 0 amide bonds. The molecule has 0 aromatic carbocycles. The van der Waals surface area contributed by atoms with Crippen LogP contribution in [0.15, 0.2) is 6.58 Å². The third-order valence-electron chi connectivity index (χ3n) is 9.95. The maximum Gasteiger partial charge on any atom is 0.303 e. The molecule has 9 nitrogen and oxygen atoms in total. The maximum atomic E-state index is 11.7. The molecule has 5 rings (SSSR count). The molecule has 4 aromatic rings. The van der Waals surface area contributed by atoms with Gasteiger partial charge in [0.05, 0.1) is 6.10 Å². The second kappa shape index (κ2) is 15.2. The molecular formula is C40H50N4O5. The fourth-order valence-electron chi connectivity index (χ4n) is 7.06. The Kier molecular flexibility index (Phi) is 11.0. The molecule has 0 saturated carbocycles. The summed E-state index contributed by atoms with van der Waals surface area (Å²) in [6, 6.07) is 0. The molecule has 1 aliphatic heterocycles. The van der Waals surface area contributed by atoms with Crippen molar-refractivity contribution >= 4 is 42.3 Å². The fraction of sp³-hybridized carbons (Fsp3) is 0.400. The molecule has 0 saturated heterocycles. The van der Waals surface area contributed by atoms with Crippen LogP contribution in [0.5, 0.6) is 0 Å². The van der Waals surface area contributed by atoms with Gasteiger partial charge in [0.2, 0.25) is 0 Å². The molecule has 1 aliphatic rings. The van der Waals surface area contributed by atoms with Crippen molar-refractivity contribution in [3.05, 3.63) is 95.3 Å². The SMILES string of the molecule is C=Cc1c2[nH]c(c1C)C=c1[nH]c(c(CCC(=O)O)c1C)=Cc1[nH]c(c(C)c1CCC(=O)O)C=c1[nH]c(c(C)c1C(C)OCCCCCC)=C2. The average molecular weight is 667 g/mol. The van der Waals surface area contributed by atoms with E-state index in [2.05, 4.69) is 72.4 Å². The molecule has 0 aliphatic carbocycles. The summed E-state index contributed by atoms with van der Waals surface area (Å²) in [6.07, 6.45) is 15.2. The zero-order valence-corrected chi connectivity index (χ0v) is 29.7. The topological polar surface area (TPSA) is 147 Å². The molecule has 0 fully saturated rings. The largest absolute Gasteiger partial charge is 0.481 e. The number of aromatic amines is 4. The summed E-state index contributed by atoms with van der Waals surface area (Å²) in [5.74, 6) is -1.73. The Morgan fingerprint density at radius 3 is 1.96 bits per heavy atom. The lowest BCUT2D eigenvalue weighted by Crippen LogP contribution is -2.15. The first-order valence-corrected chi connectivity index (χ1v) is 17.4. The van der Waals surface area contributed by atoms with Gasteiger partial charge in [-0.1, -0.05) is 38.8 Å². The van der Waals surface area contributed by atoms with Crippen molar-refractivity contribution in [2.75, 3.05) is 6.61 Å². The maximum absolute atomic E-state index is 11.7. The van der Waals surface area contributed by atoms with Crippen LogP contribution in [-0.2, 0) is 27.2 Å². The van der Waals surface area contributed by atoms with Crippen molar-refractivity contribution in [3.8, 4) is 0 Å². The van der Waals surface area contributed by atoms with Crippen LogP contribution in [0.1, 0.15) is 126 Å². The Labute approximate surface area is 287 Å². The second-order valence-electron chi connectivity index (χ2n) is 13.2. The highest BCUT2D eigenvalue weighted by Gasteiger charge is 2.19. The summed E-state index contributed by atoms with van der Waals surface area (Å²) < 4.78 is 6.42. The van der Waals surface area contributed by atoms with E-state index in [1.165, 1.54) is 12.8 Å². The van der Waals surface area contributed by atoms with Crippen LogP contribution in [0.2, 0.25) is 0 Å². The molecule has 0 spiro atoms. The number of aromatic nitrogens is 4. The number of unbranched alkanes of at least 4 members (excludes halogenated alkanes) is 3. The summed E-state index contributed by atoms with van der Waals surface area (Å²) in [6.45, 7) is 17.3. The van der Waals surface area contributed by atoms with Crippen LogP contribution in [0.3, 0.4) is 0 Å². The first-order valence-electron chi connectivity index (χ1n) is 17.4. The lowest BCUT2D eigenvalue weighted by Gasteiger charge is -2.13. The van der Waals surface area contributed by atoms with Crippen molar-refractivity contribution < 1.29 is 24.5 Å². The van der Waals surface area contributed by atoms with Gasteiger partial charge in [0.15, 0.2) is 0 Å². The third-order valence-corrected chi connectivity index (χ3v) is 9.95. The van der Waals surface area contributed by atoms with Gasteiger partial charge >= 0.3 is 11.9 Å². The number of aliphatic carboxylic acids is 2. The molecule has 6 N–H and O–H groups in total. The highest BCUT2D eigenvalue weighted by Crippen LogP contribution is 2.25. The molecule has 49 heavy (non-hydrogen) atoms. The smallest absolute Gasteiger partial charge is 0.303 e. The molecule has 1 unspecified atom stereocenters. The van der Waals surface area contributed by atoms with E-state index < -0.39 is 11.9 Å². The zero-order chi connectivity index (χ0) is 35.4. The number of H-pyrrole nitrogens is 4. The second-order valence-corrected chi connectivity index (χ2v) is 13.2. The van der Waals surface area contributed by atoms with Crippen LogP contribution < -0.4 is 21.4 Å². The fourth-order valence-corrected chi connectivity index (χ4v) is 7.06. The molecule has 260 valence electrons. The van der Waals surface area contributed by atoms with Gasteiger partial charge in [-0.25, -0.2) is 0 Å². The Morgan fingerprint density at radius 1 is 0.714 bits per heavy atom. The summed E-state index contributed by atoms with van der Waals surface area (Å²) in [4.78, 5) is 37.9. The number of hydrogen-bond acceptors (Lipinski definition) is 3. The van der Waals surface area contributed by atoms with E-state index in [-0.39, 0.29) is 18.9 Å². The molecule has 5 heterocycles. The van der Waals surface area contributed by atoms with Gasteiger partial charge in [0.1, 0.15) is 0 Å². The van der Waals surface area contributed by atoms with E-state index in [0.717, 1.165) is 102 Å². The Balaban J connectivity index is 1.82. The normalized spacial score (nSPS) is 12.9. The summed E-state index contributed by atoms with van der Waals surface area (Å²) >= 11 is 0. The van der Waals surface area contributed by atoms with Gasteiger partial charge < -0.3 is 34.9 Å². The number of carboxylic acids is 2. The van der Waals surface area contributed by atoms with Gasteiger partial charge in [-0.15, -0.1) is 0 Å². The van der Waals surface area contributed by atoms with E-state index in [9.17, 15) is 19.8 Å². The van der Waals surface area contributed by atoms with Crippen LogP contribution in [-0.4, -0.2) is 48.7 Å². The third kappa shape index (κ3) is 7.62.